The highest BCUT2D eigenvalue weighted by atomic mass is 19.4. The van der Waals surface area contributed by atoms with Crippen LogP contribution in [0.25, 0.3) is 0 Å². The first-order valence-electron chi connectivity index (χ1n) is 7.68. The molecule has 1 aromatic rings. The van der Waals surface area contributed by atoms with E-state index in [9.17, 15) is 32.9 Å². The number of nitrogens with zero attached hydrogens (tertiary/aromatic N) is 1. The van der Waals surface area contributed by atoms with Crippen LogP contribution in [0.3, 0.4) is 0 Å². The van der Waals surface area contributed by atoms with E-state index in [0.717, 1.165) is 6.07 Å². The number of benzene rings is 1. The van der Waals surface area contributed by atoms with Crippen LogP contribution in [-0.4, -0.2) is 34.5 Å². The number of hydrogen-bond donors (Lipinski definition) is 3. The Morgan fingerprint density at radius 3 is 2.50 bits per heavy atom. The zero-order valence-corrected chi connectivity index (χ0v) is 13.8. The first-order valence-corrected chi connectivity index (χ1v) is 7.68. The molecule has 11 heteroatoms. The van der Waals surface area contributed by atoms with E-state index in [2.05, 4.69) is 10.6 Å². The molecule has 1 rings (SSSR count). The van der Waals surface area contributed by atoms with Crippen LogP contribution in [-0.2, 0) is 15.8 Å². The summed E-state index contributed by atoms with van der Waals surface area (Å²) in [7, 11) is 0. The molecule has 26 heavy (non-hydrogen) atoms. The third-order valence-corrected chi connectivity index (χ3v) is 3.40. The molecule has 0 aromatic heterocycles. The largest absolute Gasteiger partial charge is 0.480 e. The Balaban J connectivity index is 2.71. The highest BCUT2D eigenvalue weighted by molar-refractivity contribution is 5.83. The van der Waals surface area contributed by atoms with Crippen LogP contribution >= 0.6 is 0 Å². The van der Waals surface area contributed by atoms with Gasteiger partial charge >= 0.3 is 12.1 Å². The predicted molar refractivity (Wildman–Crippen MR) is 85.7 cm³/mol. The molecule has 0 radical (unpaired) electrons. The molecule has 0 aliphatic carbocycles. The molecule has 0 fully saturated rings. The highest BCUT2D eigenvalue weighted by Gasteiger charge is 2.33. The summed E-state index contributed by atoms with van der Waals surface area (Å²) in [5.41, 5.74) is -2.09. The molecule has 8 nitrogen and oxygen atoms in total. The minimum Gasteiger partial charge on any atom is -0.480 e. The lowest BCUT2D eigenvalue weighted by atomic mass is 10.1. The van der Waals surface area contributed by atoms with Crippen molar-refractivity contribution in [2.75, 3.05) is 11.9 Å². The Morgan fingerprint density at radius 2 is 2.00 bits per heavy atom. The number of carboxylic acid groups (broad SMARTS) is 1. The second-order valence-corrected chi connectivity index (χ2v) is 5.41. The lowest BCUT2D eigenvalue weighted by Crippen LogP contribution is -2.41. The Bertz CT molecular complexity index is 679. The van der Waals surface area contributed by atoms with Gasteiger partial charge in [0.05, 0.1) is 10.5 Å². The van der Waals surface area contributed by atoms with Crippen molar-refractivity contribution in [1.29, 1.82) is 0 Å². The fourth-order valence-electron chi connectivity index (χ4n) is 2.13. The van der Waals surface area contributed by atoms with Crippen LogP contribution in [0, 0.1) is 10.1 Å². The summed E-state index contributed by atoms with van der Waals surface area (Å²) in [5.74, 6) is -1.76. The van der Waals surface area contributed by atoms with Gasteiger partial charge in [-0.15, -0.1) is 0 Å². The number of amides is 1. The van der Waals surface area contributed by atoms with E-state index in [1.165, 1.54) is 0 Å². The number of nitro groups is 1. The van der Waals surface area contributed by atoms with Gasteiger partial charge in [0.25, 0.3) is 5.69 Å². The lowest BCUT2D eigenvalue weighted by Gasteiger charge is -2.14. The summed E-state index contributed by atoms with van der Waals surface area (Å²) in [5, 5.41) is 24.7. The van der Waals surface area contributed by atoms with Crippen molar-refractivity contribution in [3.63, 3.8) is 0 Å². The molecule has 1 aromatic carbocycles. The first kappa shape index (κ1) is 21.2. The van der Waals surface area contributed by atoms with Crippen molar-refractivity contribution in [2.24, 2.45) is 0 Å². The van der Waals surface area contributed by atoms with Crippen LogP contribution in [0.1, 0.15) is 31.7 Å². The predicted octanol–water partition coefficient (Wildman–Crippen LogP) is 2.79. The molecule has 0 saturated carbocycles. The van der Waals surface area contributed by atoms with Crippen molar-refractivity contribution in [3.8, 4) is 0 Å². The quantitative estimate of drug-likeness (QED) is 0.449. The number of alkyl halides is 3. The van der Waals surface area contributed by atoms with E-state index in [0.29, 0.717) is 18.6 Å². The summed E-state index contributed by atoms with van der Waals surface area (Å²) in [4.78, 5) is 32.7. The number of anilines is 1. The molecular formula is C15H18F3N3O5. The molecule has 0 aliphatic rings. The molecule has 0 heterocycles. The van der Waals surface area contributed by atoms with E-state index >= 15 is 0 Å². The van der Waals surface area contributed by atoms with E-state index in [1.54, 1.807) is 6.92 Å². The second kappa shape index (κ2) is 9.02. The maximum Gasteiger partial charge on any atom is 0.416 e. The van der Waals surface area contributed by atoms with E-state index in [4.69, 9.17) is 5.11 Å². The Kier molecular flexibility index (Phi) is 7.35. The normalized spacial score (nSPS) is 12.3. The third kappa shape index (κ3) is 6.22. The molecule has 1 unspecified atom stereocenters. The number of carboxylic acids is 1. The summed E-state index contributed by atoms with van der Waals surface area (Å²) >= 11 is 0. The highest BCUT2D eigenvalue weighted by Crippen LogP contribution is 2.34. The Morgan fingerprint density at radius 1 is 1.35 bits per heavy atom. The molecule has 0 saturated heterocycles. The number of halogens is 3. The molecule has 0 bridgehead atoms. The zero-order chi connectivity index (χ0) is 19.9. The lowest BCUT2D eigenvalue weighted by molar-refractivity contribution is -0.384. The minimum atomic E-state index is -4.71. The van der Waals surface area contributed by atoms with Gasteiger partial charge in [-0.05, 0) is 18.6 Å². The number of aliphatic carboxylic acids is 1. The number of nitro benzene ring substituents is 1. The molecule has 3 N–H and O–H groups in total. The zero-order valence-electron chi connectivity index (χ0n) is 13.8. The van der Waals surface area contributed by atoms with E-state index < -0.39 is 40.3 Å². The molecular weight excluding hydrogens is 359 g/mol. The molecule has 0 spiro atoms. The standard InChI is InChI=1S/C15H18F3N3O5/c1-2-3-11(14(23)24)20-13(22)6-7-19-10-5-4-9(15(16,17)18)8-12(10)21(25)26/h4-5,8,11,19H,2-3,6-7H2,1H3,(H,20,22)(H,23,24). The summed E-state index contributed by atoms with van der Waals surface area (Å²) in [6.45, 7) is 1.64. The van der Waals surface area contributed by atoms with Gasteiger partial charge in [0.15, 0.2) is 0 Å². The van der Waals surface area contributed by atoms with Crippen molar-refractivity contribution in [2.45, 2.75) is 38.4 Å². The molecule has 1 amide bonds. The fourth-order valence-corrected chi connectivity index (χ4v) is 2.13. The smallest absolute Gasteiger partial charge is 0.416 e. The van der Waals surface area contributed by atoms with Crippen LogP contribution in [0.15, 0.2) is 18.2 Å². The first-order chi connectivity index (χ1) is 12.1. The van der Waals surface area contributed by atoms with Gasteiger partial charge in [-0.1, -0.05) is 13.3 Å². The third-order valence-electron chi connectivity index (χ3n) is 3.40. The second-order valence-electron chi connectivity index (χ2n) is 5.41. The van der Waals surface area contributed by atoms with Crippen LogP contribution in [0.4, 0.5) is 24.5 Å². The van der Waals surface area contributed by atoms with Crippen molar-refractivity contribution < 1.29 is 32.8 Å². The summed E-state index contributed by atoms with van der Waals surface area (Å²) < 4.78 is 37.9. The van der Waals surface area contributed by atoms with Crippen LogP contribution in [0.5, 0.6) is 0 Å². The van der Waals surface area contributed by atoms with Gasteiger partial charge in [-0.3, -0.25) is 14.9 Å². The topological polar surface area (TPSA) is 122 Å². The van der Waals surface area contributed by atoms with Crippen molar-refractivity contribution >= 4 is 23.3 Å². The van der Waals surface area contributed by atoms with Gasteiger partial charge in [0.1, 0.15) is 11.7 Å². The monoisotopic (exact) mass is 377 g/mol. The van der Waals surface area contributed by atoms with Crippen molar-refractivity contribution in [1.82, 2.24) is 5.32 Å². The Labute approximate surface area is 146 Å². The molecule has 144 valence electrons. The minimum absolute atomic E-state index is 0.115. The number of carbonyl (C=O) groups is 2. The van der Waals surface area contributed by atoms with Gasteiger partial charge in [0.2, 0.25) is 5.91 Å². The number of nitrogens with one attached hydrogen (secondary N) is 2. The maximum atomic E-state index is 12.6. The number of carbonyl (C=O) groups excluding carboxylic acids is 1. The summed E-state index contributed by atoms with van der Waals surface area (Å²) in [6, 6.07) is 0.977. The van der Waals surface area contributed by atoms with Gasteiger partial charge in [-0.25, -0.2) is 4.79 Å². The van der Waals surface area contributed by atoms with Gasteiger partial charge in [-0.2, -0.15) is 13.2 Å². The molecule has 1 atom stereocenters. The number of rotatable bonds is 9. The van der Waals surface area contributed by atoms with Gasteiger partial charge in [0, 0.05) is 19.0 Å². The Hall–Kier alpha value is -2.85. The SMILES string of the molecule is CCCC(NC(=O)CCNc1ccc(C(F)(F)F)cc1[N+](=O)[O-])C(=O)O. The fraction of sp³-hybridized carbons (Fsp3) is 0.467. The average molecular weight is 377 g/mol. The summed E-state index contributed by atoms with van der Waals surface area (Å²) in [6.07, 6.45) is -4.12. The van der Waals surface area contributed by atoms with E-state index in [1.807, 2.05) is 0 Å². The van der Waals surface area contributed by atoms with Crippen LogP contribution in [0.2, 0.25) is 0 Å². The van der Waals surface area contributed by atoms with Crippen LogP contribution < -0.4 is 10.6 Å². The van der Waals surface area contributed by atoms with Gasteiger partial charge < -0.3 is 15.7 Å². The van der Waals surface area contributed by atoms with Crippen molar-refractivity contribution in [3.05, 3.63) is 33.9 Å². The van der Waals surface area contributed by atoms with E-state index in [-0.39, 0.29) is 25.1 Å². The molecule has 0 aliphatic heterocycles. The maximum absolute atomic E-state index is 12.6. The number of hydrogen-bond acceptors (Lipinski definition) is 5. The average Bonchev–Trinajstić information content (AvgIpc) is 2.53.